The number of aliphatic hydroxyl groups is 1. The molecule has 3 nitrogen and oxygen atoms in total. The first-order valence-corrected chi connectivity index (χ1v) is 8.08. The van der Waals surface area contributed by atoms with E-state index in [9.17, 15) is 5.11 Å². The third-order valence-corrected chi connectivity index (χ3v) is 6.27. The van der Waals surface area contributed by atoms with Crippen molar-refractivity contribution in [2.24, 2.45) is 5.92 Å². The van der Waals surface area contributed by atoms with Gasteiger partial charge in [-0.3, -0.25) is 0 Å². The quantitative estimate of drug-likeness (QED) is 0.860. The maximum absolute atomic E-state index is 10.5. The highest BCUT2D eigenvalue weighted by molar-refractivity contribution is 5.57. The van der Waals surface area contributed by atoms with Crippen LogP contribution in [0.3, 0.4) is 0 Å². The average molecular weight is 287 g/mol. The third-order valence-electron chi connectivity index (χ3n) is 6.27. The van der Waals surface area contributed by atoms with Gasteiger partial charge in [-0.1, -0.05) is 19.1 Å². The molecule has 1 unspecified atom stereocenters. The second-order valence-electron chi connectivity index (χ2n) is 7.55. The van der Waals surface area contributed by atoms with Crippen LogP contribution in [-0.2, 0) is 11.8 Å². The Bertz CT molecular complexity index is 597. The molecule has 1 saturated carbocycles. The summed E-state index contributed by atoms with van der Waals surface area (Å²) in [5.74, 6) is 1.62. The zero-order valence-electron chi connectivity index (χ0n) is 13.4. The highest BCUT2D eigenvalue weighted by atomic mass is 16.5. The Morgan fingerprint density at radius 3 is 2.76 bits per heavy atom. The van der Waals surface area contributed by atoms with Gasteiger partial charge in [0.15, 0.2) is 0 Å². The van der Waals surface area contributed by atoms with Crippen LogP contribution in [0.4, 0.5) is 0 Å². The van der Waals surface area contributed by atoms with Gasteiger partial charge >= 0.3 is 0 Å². The zero-order valence-corrected chi connectivity index (χ0v) is 13.4. The number of hydrogen-bond donors (Lipinski definition) is 1. The summed E-state index contributed by atoms with van der Waals surface area (Å²) >= 11 is 0. The maximum atomic E-state index is 10.5. The van der Waals surface area contributed by atoms with Crippen LogP contribution in [0.15, 0.2) is 12.1 Å². The fraction of sp³-hybridized carbons (Fsp3) is 0.667. The van der Waals surface area contributed by atoms with Gasteiger partial charge in [-0.2, -0.15) is 0 Å². The van der Waals surface area contributed by atoms with E-state index in [0.29, 0.717) is 12.0 Å². The molecule has 1 aromatic carbocycles. The van der Waals surface area contributed by atoms with Gasteiger partial charge in [0.1, 0.15) is 11.9 Å². The molecule has 0 bridgehead atoms. The van der Waals surface area contributed by atoms with E-state index < -0.39 is 0 Å². The lowest BCUT2D eigenvalue weighted by molar-refractivity contribution is -0.0654. The summed E-state index contributed by atoms with van der Waals surface area (Å²) in [6.45, 7) is 4.45. The molecule has 1 heterocycles. The molecule has 1 aliphatic heterocycles. The number of aryl methyl sites for hydroxylation is 1. The molecule has 0 amide bonds. The summed E-state index contributed by atoms with van der Waals surface area (Å²) in [7, 11) is 4.37. The number of likely N-dealkylation sites (N-methyl/N-ethyl adjacent to an activating group) is 1. The first-order chi connectivity index (χ1) is 9.94. The van der Waals surface area contributed by atoms with E-state index in [1.165, 1.54) is 16.7 Å². The summed E-state index contributed by atoms with van der Waals surface area (Å²) in [4.78, 5) is 2.37. The molecule has 0 aromatic heterocycles. The fourth-order valence-corrected chi connectivity index (χ4v) is 5.21. The molecule has 4 rings (SSSR count). The van der Waals surface area contributed by atoms with Crippen LogP contribution >= 0.6 is 0 Å². The second-order valence-corrected chi connectivity index (χ2v) is 7.55. The fourth-order valence-electron chi connectivity index (χ4n) is 5.21. The van der Waals surface area contributed by atoms with Gasteiger partial charge in [-0.25, -0.2) is 0 Å². The van der Waals surface area contributed by atoms with Crippen LogP contribution in [0.5, 0.6) is 5.75 Å². The smallest absolute Gasteiger partial charge is 0.134 e. The molecule has 0 radical (unpaired) electrons. The van der Waals surface area contributed by atoms with Crippen molar-refractivity contribution >= 4 is 0 Å². The zero-order chi connectivity index (χ0) is 14.9. The van der Waals surface area contributed by atoms with Gasteiger partial charge in [0, 0.05) is 17.0 Å². The van der Waals surface area contributed by atoms with Crippen LogP contribution < -0.4 is 4.74 Å². The minimum Gasteiger partial charge on any atom is -0.486 e. The molecule has 1 fully saturated rings. The summed E-state index contributed by atoms with van der Waals surface area (Å²) in [5, 5.41) is 10.5. The molecule has 0 spiro atoms. The minimum absolute atomic E-state index is 0.0401. The van der Waals surface area contributed by atoms with Crippen molar-refractivity contribution in [3.05, 3.63) is 28.8 Å². The van der Waals surface area contributed by atoms with E-state index in [1.54, 1.807) is 0 Å². The number of nitrogens with zero attached hydrogens (tertiary/aromatic N) is 1. The van der Waals surface area contributed by atoms with Gasteiger partial charge in [0.25, 0.3) is 0 Å². The van der Waals surface area contributed by atoms with Crippen molar-refractivity contribution in [2.45, 2.75) is 56.8 Å². The van der Waals surface area contributed by atoms with Crippen LogP contribution in [-0.4, -0.2) is 42.4 Å². The number of rotatable bonds is 1. The highest BCUT2D eigenvalue weighted by Crippen LogP contribution is 2.59. The summed E-state index contributed by atoms with van der Waals surface area (Å²) in [6, 6.07) is 4.99. The Hall–Kier alpha value is -1.06. The molecule has 21 heavy (non-hydrogen) atoms. The van der Waals surface area contributed by atoms with Crippen LogP contribution in [0.25, 0.3) is 0 Å². The first kappa shape index (κ1) is 13.6. The van der Waals surface area contributed by atoms with E-state index in [4.69, 9.17) is 4.74 Å². The average Bonchev–Trinajstić information content (AvgIpc) is 2.76. The van der Waals surface area contributed by atoms with Crippen molar-refractivity contribution in [3.8, 4) is 5.75 Å². The Morgan fingerprint density at radius 1 is 1.29 bits per heavy atom. The van der Waals surface area contributed by atoms with Crippen LogP contribution in [0, 0.1) is 12.8 Å². The molecule has 3 heteroatoms. The molecule has 5 atom stereocenters. The number of hydrogen-bond acceptors (Lipinski definition) is 3. The predicted molar refractivity (Wildman–Crippen MR) is 82.9 cm³/mol. The Labute approximate surface area is 126 Å². The van der Waals surface area contributed by atoms with E-state index in [2.05, 4.69) is 45.0 Å². The van der Waals surface area contributed by atoms with Crippen molar-refractivity contribution in [1.29, 1.82) is 0 Å². The number of aliphatic hydroxyl groups excluding tert-OH is 1. The van der Waals surface area contributed by atoms with Crippen molar-refractivity contribution in [1.82, 2.24) is 4.90 Å². The van der Waals surface area contributed by atoms with Crippen LogP contribution in [0.1, 0.15) is 36.5 Å². The Balaban J connectivity index is 1.96. The van der Waals surface area contributed by atoms with E-state index in [1.807, 2.05) is 0 Å². The number of ether oxygens (including phenoxy) is 1. The minimum atomic E-state index is -0.341. The highest BCUT2D eigenvalue weighted by Gasteiger charge is 2.60. The van der Waals surface area contributed by atoms with Gasteiger partial charge < -0.3 is 14.7 Å². The molecular formula is C18H25NO2. The maximum Gasteiger partial charge on any atom is 0.134 e. The largest absolute Gasteiger partial charge is 0.486 e. The third kappa shape index (κ3) is 1.56. The molecular weight excluding hydrogens is 262 g/mol. The summed E-state index contributed by atoms with van der Waals surface area (Å²) < 4.78 is 6.31. The molecule has 0 saturated heterocycles. The van der Waals surface area contributed by atoms with Gasteiger partial charge in [0.2, 0.25) is 0 Å². The SMILES string of the molecule is Cc1ccc2c3c1O[C@H]1[C@@H](O)CCC([C@H](N(C)C)C2)[C@@]31C. The lowest BCUT2D eigenvalue weighted by atomic mass is 9.55. The van der Waals surface area contributed by atoms with Crippen molar-refractivity contribution in [3.63, 3.8) is 0 Å². The van der Waals surface area contributed by atoms with E-state index in [0.717, 1.165) is 25.0 Å². The number of benzene rings is 1. The topological polar surface area (TPSA) is 32.7 Å². The Kier molecular flexibility index (Phi) is 2.74. The van der Waals surface area contributed by atoms with Gasteiger partial charge in [-0.15, -0.1) is 0 Å². The predicted octanol–water partition coefficient (Wildman–Crippen LogP) is 2.27. The standard InChI is InChI=1S/C18H25NO2/c1-10-5-6-11-9-13(19(3)4)12-7-8-14(20)17-18(12,2)15(11)16(10)21-17/h5-6,12-14,17,20H,7-9H2,1-4H3/t12?,13-,14+,17+,18+/m1/s1. The Morgan fingerprint density at radius 2 is 2.05 bits per heavy atom. The monoisotopic (exact) mass is 287 g/mol. The second kappa shape index (κ2) is 4.23. The van der Waals surface area contributed by atoms with Crippen LogP contribution in [0.2, 0.25) is 0 Å². The van der Waals surface area contributed by atoms with E-state index >= 15 is 0 Å². The first-order valence-electron chi connectivity index (χ1n) is 8.08. The summed E-state index contributed by atoms with van der Waals surface area (Å²) in [6.07, 6.45) is 2.63. The summed E-state index contributed by atoms with van der Waals surface area (Å²) in [5.41, 5.74) is 3.99. The molecule has 1 N–H and O–H groups in total. The van der Waals surface area contributed by atoms with Gasteiger partial charge in [0.05, 0.1) is 6.10 Å². The molecule has 114 valence electrons. The molecule has 2 aliphatic carbocycles. The van der Waals surface area contributed by atoms with E-state index in [-0.39, 0.29) is 17.6 Å². The van der Waals surface area contributed by atoms with Crippen molar-refractivity contribution < 1.29 is 9.84 Å². The lowest BCUT2D eigenvalue weighted by Gasteiger charge is -2.52. The van der Waals surface area contributed by atoms with Gasteiger partial charge in [-0.05, 0) is 57.3 Å². The lowest BCUT2D eigenvalue weighted by Crippen LogP contribution is -2.60. The normalized spacial score (nSPS) is 40.1. The molecule has 3 aliphatic rings. The molecule has 1 aromatic rings. The van der Waals surface area contributed by atoms with Crippen molar-refractivity contribution in [2.75, 3.05) is 14.1 Å².